The van der Waals surface area contributed by atoms with Crippen molar-refractivity contribution in [3.8, 4) is 0 Å². The van der Waals surface area contributed by atoms with Crippen LogP contribution in [0, 0.1) is 3.57 Å². The van der Waals surface area contributed by atoms with Gasteiger partial charge in [0.15, 0.2) is 0 Å². The van der Waals surface area contributed by atoms with Crippen LogP contribution in [-0.4, -0.2) is 25.8 Å². The molecule has 0 atom stereocenters. The first kappa shape index (κ1) is 12.1. The van der Waals surface area contributed by atoms with E-state index in [9.17, 15) is 8.42 Å². The van der Waals surface area contributed by atoms with Crippen molar-refractivity contribution in [2.45, 2.75) is 12.8 Å². The topological polar surface area (TPSA) is 49.4 Å². The standard InChI is InChI=1S/C10H13IN2O2S/c11-9-5-1-2-6-10(9)12-16(14,15)13-7-3-4-8-13/h1-2,5-6,12H,3-4,7-8H2. The van der Waals surface area contributed by atoms with Gasteiger partial charge in [0, 0.05) is 16.7 Å². The molecule has 0 unspecified atom stereocenters. The highest BCUT2D eigenvalue weighted by molar-refractivity contribution is 14.1. The Hall–Kier alpha value is -0.340. The highest BCUT2D eigenvalue weighted by atomic mass is 127. The number of para-hydroxylation sites is 1. The molecular formula is C10H13IN2O2S. The predicted octanol–water partition coefficient (Wildman–Crippen LogP) is 2.04. The first-order valence-corrected chi connectivity index (χ1v) is 7.64. The number of hydrogen-bond acceptors (Lipinski definition) is 2. The third kappa shape index (κ3) is 2.67. The van der Waals surface area contributed by atoms with Gasteiger partial charge >= 0.3 is 10.2 Å². The van der Waals surface area contributed by atoms with Crippen molar-refractivity contribution in [2.75, 3.05) is 17.8 Å². The van der Waals surface area contributed by atoms with Crippen LogP contribution in [0.3, 0.4) is 0 Å². The number of anilines is 1. The van der Waals surface area contributed by atoms with E-state index in [4.69, 9.17) is 0 Å². The number of halogens is 1. The van der Waals surface area contributed by atoms with Crippen LogP contribution >= 0.6 is 22.6 Å². The largest absolute Gasteiger partial charge is 0.301 e. The van der Waals surface area contributed by atoms with Gasteiger partial charge < -0.3 is 0 Å². The minimum atomic E-state index is -3.36. The van der Waals surface area contributed by atoms with Gasteiger partial charge in [-0.3, -0.25) is 4.72 Å². The minimum Gasteiger partial charge on any atom is -0.270 e. The van der Waals surface area contributed by atoms with Gasteiger partial charge in [0.25, 0.3) is 0 Å². The molecule has 0 bridgehead atoms. The second kappa shape index (κ2) is 4.89. The van der Waals surface area contributed by atoms with Crippen molar-refractivity contribution in [3.05, 3.63) is 27.8 Å². The average Bonchev–Trinajstić information content (AvgIpc) is 2.75. The zero-order valence-corrected chi connectivity index (χ0v) is 11.7. The van der Waals surface area contributed by atoms with Gasteiger partial charge in [0.2, 0.25) is 0 Å². The van der Waals surface area contributed by atoms with Crippen LogP contribution in [0.2, 0.25) is 0 Å². The van der Waals surface area contributed by atoms with Crippen LogP contribution in [0.4, 0.5) is 5.69 Å². The van der Waals surface area contributed by atoms with Crippen LogP contribution in [0.25, 0.3) is 0 Å². The van der Waals surface area contributed by atoms with Gasteiger partial charge in [-0.2, -0.15) is 12.7 Å². The Morgan fingerprint density at radius 2 is 1.81 bits per heavy atom. The van der Waals surface area contributed by atoms with E-state index in [2.05, 4.69) is 27.3 Å². The van der Waals surface area contributed by atoms with Crippen LogP contribution in [0.5, 0.6) is 0 Å². The van der Waals surface area contributed by atoms with Crippen molar-refractivity contribution in [3.63, 3.8) is 0 Å². The summed E-state index contributed by atoms with van der Waals surface area (Å²) in [7, 11) is -3.36. The lowest BCUT2D eigenvalue weighted by Gasteiger charge is -2.17. The smallest absolute Gasteiger partial charge is 0.270 e. The monoisotopic (exact) mass is 352 g/mol. The highest BCUT2D eigenvalue weighted by Gasteiger charge is 2.25. The molecule has 1 fully saturated rings. The zero-order chi connectivity index (χ0) is 11.6. The molecular weight excluding hydrogens is 339 g/mol. The van der Waals surface area contributed by atoms with E-state index < -0.39 is 10.2 Å². The summed E-state index contributed by atoms with van der Waals surface area (Å²) >= 11 is 2.12. The average molecular weight is 352 g/mol. The predicted molar refractivity (Wildman–Crippen MR) is 72.5 cm³/mol. The van der Waals surface area contributed by atoms with Crippen molar-refractivity contribution in [1.82, 2.24) is 4.31 Å². The molecule has 1 aromatic rings. The van der Waals surface area contributed by atoms with Crippen LogP contribution in [0.1, 0.15) is 12.8 Å². The summed E-state index contributed by atoms with van der Waals surface area (Å²) in [6, 6.07) is 7.36. The summed E-state index contributed by atoms with van der Waals surface area (Å²) in [5.74, 6) is 0. The Labute approximate surface area is 109 Å². The normalized spacial score (nSPS) is 17.6. The third-order valence-electron chi connectivity index (χ3n) is 2.52. The molecule has 0 amide bonds. The molecule has 0 saturated carbocycles. The lowest BCUT2D eigenvalue weighted by Crippen LogP contribution is -2.33. The SMILES string of the molecule is O=S(=O)(Nc1ccccc1I)N1CCCC1. The van der Waals surface area contributed by atoms with E-state index >= 15 is 0 Å². The molecule has 1 aliphatic rings. The fourth-order valence-corrected chi connectivity index (χ4v) is 3.71. The van der Waals surface area contributed by atoms with E-state index in [0.29, 0.717) is 18.8 Å². The lowest BCUT2D eigenvalue weighted by atomic mass is 10.3. The summed E-state index contributed by atoms with van der Waals surface area (Å²) in [6.07, 6.45) is 1.90. The van der Waals surface area contributed by atoms with Gasteiger partial charge in [-0.1, -0.05) is 12.1 Å². The molecule has 1 N–H and O–H groups in total. The van der Waals surface area contributed by atoms with E-state index in [-0.39, 0.29) is 0 Å². The van der Waals surface area contributed by atoms with Crippen LogP contribution in [0.15, 0.2) is 24.3 Å². The van der Waals surface area contributed by atoms with Gasteiger partial charge in [0.05, 0.1) is 5.69 Å². The van der Waals surface area contributed by atoms with Crippen molar-refractivity contribution >= 4 is 38.5 Å². The Morgan fingerprint density at radius 3 is 2.44 bits per heavy atom. The quantitative estimate of drug-likeness (QED) is 0.847. The molecule has 0 aliphatic carbocycles. The fourth-order valence-electron chi connectivity index (χ4n) is 1.68. The van der Waals surface area contributed by atoms with Crippen LogP contribution < -0.4 is 4.72 Å². The summed E-state index contributed by atoms with van der Waals surface area (Å²) in [6.45, 7) is 1.25. The first-order chi connectivity index (χ1) is 7.59. The number of rotatable bonds is 3. The molecule has 88 valence electrons. The number of benzene rings is 1. The Morgan fingerprint density at radius 1 is 1.19 bits per heavy atom. The molecule has 1 aliphatic heterocycles. The Kier molecular flexibility index (Phi) is 3.70. The third-order valence-corrected chi connectivity index (χ3v) is 4.98. The summed E-state index contributed by atoms with van der Waals surface area (Å²) in [4.78, 5) is 0. The molecule has 0 radical (unpaired) electrons. The summed E-state index contributed by atoms with van der Waals surface area (Å²) in [5.41, 5.74) is 0.648. The van der Waals surface area contributed by atoms with Gasteiger partial charge in [-0.15, -0.1) is 0 Å². The molecule has 4 nitrogen and oxygen atoms in total. The summed E-state index contributed by atoms with van der Waals surface area (Å²) < 4.78 is 29.0. The minimum absolute atomic E-state index is 0.624. The number of nitrogens with one attached hydrogen (secondary N) is 1. The van der Waals surface area contributed by atoms with Gasteiger partial charge in [-0.25, -0.2) is 0 Å². The second-order valence-corrected chi connectivity index (χ2v) is 6.53. The first-order valence-electron chi connectivity index (χ1n) is 5.12. The van der Waals surface area contributed by atoms with E-state index in [0.717, 1.165) is 16.4 Å². The highest BCUT2D eigenvalue weighted by Crippen LogP contribution is 2.21. The van der Waals surface area contributed by atoms with Gasteiger partial charge in [0.1, 0.15) is 0 Å². The Balaban J connectivity index is 2.18. The summed E-state index contributed by atoms with van der Waals surface area (Å²) in [5, 5.41) is 0. The molecule has 0 spiro atoms. The molecule has 6 heteroatoms. The molecule has 1 heterocycles. The van der Waals surface area contributed by atoms with Crippen molar-refractivity contribution in [2.24, 2.45) is 0 Å². The molecule has 0 aromatic heterocycles. The Bertz CT molecular complexity index is 469. The van der Waals surface area contributed by atoms with Gasteiger partial charge in [-0.05, 0) is 47.6 Å². The number of nitrogens with zero attached hydrogens (tertiary/aromatic N) is 1. The van der Waals surface area contributed by atoms with E-state index in [1.165, 1.54) is 4.31 Å². The molecule has 2 rings (SSSR count). The maximum Gasteiger partial charge on any atom is 0.301 e. The maximum absolute atomic E-state index is 12.0. The molecule has 1 aromatic carbocycles. The second-order valence-electron chi connectivity index (χ2n) is 3.69. The van der Waals surface area contributed by atoms with E-state index in [1.807, 2.05) is 18.2 Å². The lowest BCUT2D eigenvalue weighted by molar-refractivity contribution is 0.482. The fraction of sp³-hybridized carbons (Fsp3) is 0.400. The van der Waals surface area contributed by atoms with Crippen molar-refractivity contribution < 1.29 is 8.42 Å². The van der Waals surface area contributed by atoms with Crippen molar-refractivity contribution in [1.29, 1.82) is 0 Å². The maximum atomic E-state index is 12.0. The molecule has 16 heavy (non-hydrogen) atoms. The molecule has 1 saturated heterocycles. The van der Waals surface area contributed by atoms with Crippen LogP contribution in [-0.2, 0) is 10.2 Å². The number of hydrogen-bond donors (Lipinski definition) is 1. The zero-order valence-electron chi connectivity index (χ0n) is 8.69. The van der Waals surface area contributed by atoms with E-state index in [1.54, 1.807) is 6.07 Å².